The van der Waals surface area contributed by atoms with Gasteiger partial charge in [0.25, 0.3) is 0 Å². The maximum absolute atomic E-state index is 12.0. The molecule has 1 aromatic heterocycles. The van der Waals surface area contributed by atoms with Crippen LogP contribution in [0.25, 0.3) is 0 Å². The van der Waals surface area contributed by atoms with Gasteiger partial charge >= 0.3 is 7.12 Å². The van der Waals surface area contributed by atoms with Crippen molar-refractivity contribution >= 4 is 13.0 Å². The van der Waals surface area contributed by atoms with E-state index in [0.717, 1.165) is 5.56 Å². The minimum Gasteiger partial charge on any atom is -0.426 e. The molecule has 1 aromatic rings. The summed E-state index contributed by atoms with van der Waals surface area (Å²) in [6.07, 6.45) is 4.13. The second-order valence-corrected chi connectivity index (χ2v) is 5.33. The molecule has 0 aliphatic carbocycles. The third-order valence-electron chi connectivity index (χ3n) is 2.93. The zero-order valence-corrected chi connectivity index (χ0v) is 11.9. The summed E-state index contributed by atoms with van der Waals surface area (Å²) in [7, 11) is -1.59. The van der Waals surface area contributed by atoms with Crippen LogP contribution >= 0.6 is 0 Å². The maximum Gasteiger partial charge on any atom is 0.475 e. The Morgan fingerprint density at radius 2 is 2.20 bits per heavy atom. The molecule has 1 amide bonds. The second kappa shape index (κ2) is 7.99. The summed E-state index contributed by atoms with van der Waals surface area (Å²) in [5, 5.41) is 21.1. The average Bonchev–Trinajstić information content (AvgIpc) is 2.38. The Labute approximate surface area is 119 Å². The standard InChI is InChI=1S/C13H22BN3O3/c1-9(2)6-12(14(19)20)17-13(18)11(15)7-10-4-3-5-16-8-10/h3-5,8-9,11-12,19-20H,6-7,15H2,1-2H3,(H,17,18)/t11-,12-/m0/s1. The van der Waals surface area contributed by atoms with Crippen molar-refractivity contribution in [3.8, 4) is 0 Å². The predicted molar refractivity (Wildman–Crippen MR) is 77.5 cm³/mol. The summed E-state index contributed by atoms with van der Waals surface area (Å²) in [5.74, 6) is -0.869. The molecule has 20 heavy (non-hydrogen) atoms. The molecule has 6 nitrogen and oxygen atoms in total. The zero-order chi connectivity index (χ0) is 15.1. The lowest BCUT2D eigenvalue weighted by Crippen LogP contribution is -2.52. The van der Waals surface area contributed by atoms with Crippen molar-refractivity contribution in [3.63, 3.8) is 0 Å². The van der Waals surface area contributed by atoms with Crippen molar-refractivity contribution in [1.82, 2.24) is 10.3 Å². The summed E-state index contributed by atoms with van der Waals surface area (Å²) in [6, 6.07) is 2.87. The average molecular weight is 279 g/mol. The lowest BCUT2D eigenvalue weighted by atomic mass is 9.75. The first kappa shape index (κ1) is 16.6. The van der Waals surface area contributed by atoms with E-state index in [9.17, 15) is 14.8 Å². The SMILES string of the molecule is CC(C)C[C@H](NC(=O)[C@@H](N)Cc1cccnc1)B(O)O. The molecule has 110 valence electrons. The monoisotopic (exact) mass is 279 g/mol. The molecule has 0 aromatic carbocycles. The number of nitrogens with zero attached hydrogens (tertiary/aromatic N) is 1. The fraction of sp³-hybridized carbons (Fsp3) is 0.538. The van der Waals surface area contributed by atoms with Crippen LogP contribution in [-0.2, 0) is 11.2 Å². The van der Waals surface area contributed by atoms with E-state index in [1.165, 1.54) is 0 Å². The molecule has 2 atom stereocenters. The van der Waals surface area contributed by atoms with E-state index in [2.05, 4.69) is 10.3 Å². The number of pyridine rings is 1. The van der Waals surface area contributed by atoms with Gasteiger partial charge in [-0.3, -0.25) is 9.78 Å². The highest BCUT2D eigenvalue weighted by atomic mass is 16.4. The van der Waals surface area contributed by atoms with Crippen molar-refractivity contribution in [1.29, 1.82) is 0 Å². The van der Waals surface area contributed by atoms with Crippen LogP contribution in [0.4, 0.5) is 0 Å². The third-order valence-corrected chi connectivity index (χ3v) is 2.93. The van der Waals surface area contributed by atoms with Gasteiger partial charge in [0, 0.05) is 12.4 Å². The van der Waals surface area contributed by atoms with Crippen LogP contribution in [0.5, 0.6) is 0 Å². The lowest BCUT2D eigenvalue weighted by Gasteiger charge is -2.21. The Morgan fingerprint density at radius 1 is 1.50 bits per heavy atom. The minimum absolute atomic E-state index is 0.233. The van der Waals surface area contributed by atoms with Crippen LogP contribution in [0.2, 0.25) is 0 Å². The summed E-state index contributed by atoms with van der Waals surface area (Å²) in [6.45, 7) is 3.88. The molecule has 0 radical (unpaired) electrons. The Kier molecular flexibility index (Phi) is 6.64. The first-order chi connectivity index (χ1) is 9.40. The van der Waals surface area contributed by atoms with E-state index in [1.54, 1.807) is 18.5 Å². The third kappa shape index (κ3) is 5.69. The second-order valence-electron chi connectivity index (χ2n) is 5.33. The molecule has 0 saturated heterocycles. The van der Waals surface area contributed by atoms with Crippen LogP contribution in [0.15, 0.2) is 24.5 Å². The van der Waals surface area contributed by atoms with E-state index in [4.69, 9.17) is 5.73 Å². The summed E-state index contributed by atoms with van der Waals surface area (Å²) in [5.41, 5.74) is 6.69. The number of carbonyl (C=O) groups excluding carboxylic acids is 1. The quantitative estimate of drug-likeness (QED) is 0.503. The van der Waals surface area contributed by atoms with E-state index >= 15 is 0 Å². The molecule has 0 saturated carbocycles. The van der Waals surface area contributed by atoms with Crippen molar-refractivity contribution in [3.05, 3.63) is 30.1 Å². The van der Waals surface area contributed by atoms with Gasteiger partial charge in [-0.25, -0.2) is 0 Å². The fourth-order valence-electron chi connectivity index (χ4n) is 1.92. The molecule has 1 rings (SSSR count). The number of nitrogens with one attached hydrogen (secondary N) is 1. The first-order valence-corrected chi connectivity index (χ1v) is 6.71. The molecule has 0 bridgehead atoms. The molecular formula is C13H22BN3O3. The smallest absolute Gasteiger partial charge is 0.426 e. The van der Waals surface area contributed by atoms with Gasteiger partial charge in [0.2, 0.25) is 5.91 Å². The van der Waals surface area contributed by atoms with E-state index < -0.39 is 25.0 Å². The van der Waals surface area contributed by atoms with Crippen LogP contribution < -0.4 is 11.1 Å². The molecule has 1 heterocycles. The maximum atomic E-state index is 12.0. The molecule has 0 spiro atoms. The molecular weight excluding hydrogens is 257 g/mol. The van der Waals surface area contributed by atoms with Gasteiger partial charge in [-0.05, 0) is 30.4 Å². The number of amides is 1. The van der Waals surface area contributed by atoms with Gasteiger partial charge in [0.15, 0.2) is 0 Å². The Balaban J connectivity index is 2.55. The van der Waals surface area contributed by atoms with Gasteiger partial charge in [-0.15, -0.1) is 0 Å². The topological polar surface area (TPSA) is 108 Å². The molecule has 0 unspecified atom stereocenters. The highest BCUT2D eigenvalue weighted by Gasteiger charge is 2.27. The number of aromatic nitrogens is 1. The number of hydrogen-bond donors (Lipinski definition) is 4. The van der Waals surface area contributed by atoms with Crippen molar-refractivity contribution in [2.75, 3.05) is 0 Å². The van der Waals surface area contributed by atoms with Crippen LogP contribution in [0, 0.1) is 5.92 Å². The number of nitrogens with two attached hydrogens (primary N) is 1. The van der Waals surface area contributed by atoms with E-state index in [1.807, 2.05) is 19.9 Å². The molecule has 0 aliphatic heterocycles. The van der Waals surface area contributed by atoms with Crippen molar-refractivity contribution < 1.29 is 14.8 Å². The lowest BCUT2D eigenvalue weighted by molar-refractivity contribution is -0.122. The molecule has 7 heteroatoms. The Hall–Kier alpha value is -1.44. The number of hydrogen-bond acceptors (Lipinski definition) is 5. The summed E-state index contributed by atoms with van der Waals surface area (Å²) < 4.78 is 0. The molecule has 0 aliphatic rings. The van der Waals surface area contributed by atoms with Crippen LogP contribution in [-0.4, -0.2) is 40.0 Å². The highest BCUT2D eigenvalue weighted by molar-refractivity contribution is 6.43. The molecule has 5 N–H and O–H groups in total. The minimum atomic E-state index is -1.59. The Bertz CT molecular complexity index is 415. The van der Waals surface area contributed by atoms with Gasteiger partial charge in [0.05, 0.1) is 12.0 Å². The van der Waals surface area contributed by atoms with Crippen molar-refractivity contribution in [2.45, 2.75) is 38.7 Å². The van der Waals surface area contributed by atoms with Gasteiger partial charge in [-0.1, -0.05) is 19.9 Å². The number of rotatable bonds is 7. The van der Waals surface area contributed by atoms with Gasteiger partial charge in [0.1, 0.15) is 0 Å². The predicted octanol–water partition coefficient (Wildman–Crippen LogP) is -0.506. The van der Waals surface area contributed by atoms with Crippen LogP contribution in [0.1, 0.15) is 25.8 Å². The van der Waals surface area contributed by atoms with Gasteiger partial charge < -0.3 is 21.1 Å². The Morgan fingerprint density at radius 3 is 2.70 bits per heavy atom. The number of carbonyl (C=O) groups is 1. The fourth-order valence-corrected chi connectivity index (χ4v) is 1.92. The van der Waals surface area contributed by atoms with Crippen LogP contribution in [0.3, 0.4) is 0 Å². The summed E-state index contributed by atoms with van der Waals surface area (Å²) in [4.78, 5) is 15.9. The highest BCUT2D eigenvalue weighted by Crippen LogP contribution is 2.07. The molecule has 0 fully saturated rings. The van der Waals surface area contributed by atoms with E-state index in [-0.39, 0.29) is 5.92 Å². The first-order valence-electron chi connectivity index (χ1n) is 6.71. The summed E-state index contributed by atoms with van der Waals surface area (Å²) >= 11 is 0. The largest absolute Gasteiger partial charge is 0.475 e. The van der Waals surface area contributed by atoms with Gasteiger partial charge in [-0.2, -0.15) is 0 Å². The van der Waals surface area contributed by atoms with Crippen molar-refractivity contribution in [2.24, 2.45) is 11.7 Å². The van der Waals surface area contributed by atoms with E-state index in [0.29, 0.717) is 12.8 Å². The zero-order valence-electron chi connectivity index (χ0n) is 11.9. The normalized spacial score (nSPS) is 13.9.